The zero-order chi connectivity index (χ0) is 11.8. The second-order valence-electron chi connectivity index (χ2n) is 3.82. The zero-order valence-corrected chi connectivity index (χ0v) is 9.53. The number of hydrogen-bond donors (Lipinski definition) is 2. The first-order chi connectivity index (χ1) is 8.24. The highest BCUT2D eigenvalue weighted by molar-refractivity contribution is 7.10. The quantitative estimate of drug-likeness (QED) is 0.820. The molecule has 1 amide bonds. The molecular weight excluding hydrogens is 242 g/mol. The van der Waals surface area contributed by atoms with Crippen LogP contribution in [0.2, 0.25) is 0 Å². The highest BCUT2D eigenvalue weighted by atomic mass is 32.1. The predicted octanol–water partition coefficient (Wildman–Crippen LogP) is 0.289. The van der Waals surface area contributed by atoms with Gasteiger partial charge in [0.15, 0.2) is 0 Å². The van der Waals surface area contributed by atoms with Crippen molar-refractivity contribution in [2.24, 2.45) is 0 Å². The molecule has 1 fully saturated rings. The van der Waals surface area contributed by atoms with Crippen molar-refractivity contribution in [1.29, 1.82) is 0 Å². The van der Waals surface area contributed by atoms with E-state index in [-0.39, 0.29) is 0 Å². The Bertz CT molecular complexity index is 609. The van der Waals surface area contributed by atoms with Crippen LogP contribution in [0.5, 0.6) is 0 Å². The van der Waals surface area contributed by atoms with Crippen LogP contribution >= 0.6 is 11.3 Å². The van der Waals surface area contributed by atoms with Crippen molar-refractivity contribution in [2.45, 2.75) is 18.8 Å². The van der Waals surface area contributed by atoms with E-state index in [9.17, 15) is 9.59 Å². The van der Waals surface area contributed by atoms with Crippen LogP contribution in [0.15, 0.2) is 16.5 Å². The molecule has 0 spiro atoms. The summed E-state index contributed by atoms with van der Waals surface area (Å²) in [6.45, 7) is 0. The highest BCUT2D eigenvalue weighted by Gasteiger charge is 2.27. The van der Waals surface area contributed by atoms with Gasteiger partial charge in [0.2, 0.25) is 0 Å². The van der Waals surface area contributed by atoms with Gasteiger partial charge >= 0.3 is 5.69 Å². The predicted molar refractivity (Wildman–Crippen MR) is 60.6 cm³/mol. The van der Waals surface area contributed by atoms with Gasteiger partial charge in [-0.2, -0.15) is 9.77 Å². The molecule has 8 heteroatoms. The van der Waals surface area contributed by atoms with Crippen LogP contribution in [0.1, 0.15) is 34.3 Å². The van der Waals surface area contributed by atoms with Crippen LogP contribution in [-0.2, 0) is 0 Å². The molecule has 3 rings (SSSR count). The molecule has 0 aromatic carbocycles. The van der Waals surface area contributed by atoms with Gasteiger partial charge in [0.25, 0.3) is 5.91 Å². The number of carbonyl (C=O) groups excluding carboxylic acids is 1. The minimum absolute atomic E-state index is 0.338. The monoisotopic (exact) mass is 251 g/mol. The Kier molecular flexibility index (Phi) is 2.29. The third-order valence-electron chi connectivity index (χ3n) is 2.46. The van der Waals surface area contributed by atoms with E-state index in [0.29, 0.717) is 11.6 Å². The smallest absolute Gasteiger partial charge is 0.266 e. The lowest BCUT2D eigenvalue weighted by molar-refractivity contribution is 0.100. The van der Waals surface area contributed by atoms with Gasteiger partial charge in [-0.25, -0.2) is 14.9 Å². The molecule has 7 nitrogen and oxygen atoms in total. The van der Waals surface area contributed by atoms with Crippen LogP contribution in [0.25, 0.3) is 0 Å². The summed E-state index contributed by atoms with van der Waals surface area (Å²) >= 11 is 1.48. The second kappa shape index (κ2) is 3.81. The number of aromatic amines is 1. The number of H-pyrrole nitrogens is 1. The number of nitrogens with zero attached hydrogens (tertiary/aromatic N) is 3. The summed E-state index contributed by atoms with van der Waals surface area (Å²) in [5.41, 5.74) is 2.24. The third-order valence-corrected chi connectivity index (χ3v) is 3.46. The Balaban J connectivity index is 1.77. The zero-order valence-electron chi connectivity index (χ0n) is 8.71. The third kappa shape index (κ3) is 1.98. The van der Waals surface area contributed by atoms with Crippen LogP contribution in [0.4, 0.5) is 0 Å². The standard InChI is InChI=1S/C9H9N5O2S/c15-7(13-14-4-10-12-9(14)16)6-3-17-8(11-6)5-1-2-5/h3-5H,1-2H2,(H,12,16)(H,13,15). The minimum atomic E-state index is -0.490. The van der Waals surface area contributed by atoms with Crippen molar-refractivity contribution in [2.75, 3.05) is 5.43 Å². The summed E-state index contributed by atoms with van der Waals surface area (Å²) < 4.78 is 0.985. The van der Waals surface area contributed by atoms with E-state index in [1.807, 2.05) is 0 Å². The Labute approximate surface area is 99.5 Å². The molecule has 0 aliphatic heterocycles. The molecule has 0 atom stereocenters. The van der Waals surface area contributed by atoms with Crippen LogP contribution in [0, 0.1) is 0 Å². The highest BCUT2D eigenvalue weighted by Crippen LogP contribution is 2.41. The first-order valence-electron chi connectivity index (χ1n) is 5.13. The minimum Gasteiger partial charge on any atom is -0.266 e. The van der Waals surface area contributed by atoms with Gasteiger partial charge in [0.05, 0.1) is 5.01 Å². The van der Waals surface area contributed by atoms with Gasteiger partial charge in [0.1, 0.15) is 12.0 Å². The van der Waals surface area contributed by atoms with E-state index in [2.05, 4.69) is 20.6 Å². The largest absolute Gasteiger partial charge is 0.362 e. The molecule has 0 bridgehead atoms. The van der Waals surface area contributed by atoms with Crippen LogP contribution < -0.4 is 11.1 Å². The maximum Gasteiger partial charge on any atom is 0.362 e. The fraction of sp³-hybridized carbons (Fsp3) is 0.333. The Morgan fingerprint density at radius 2 is 2.41 bits per heavy atom. The Hall–Kier alpha value is -1.96. The Morgan fingerprint density at radius 1 is 1.59 bits per heavy atom. The van der Waals surface area contributed by atoms with E-state index >= 15 is 0 Å². The summed E-state index contributed by atoms with van der Waals surface area (Å²) in [4.78, 5) is 27.1. The number of amides is 1. The van der Waals surface area contributed by atoms with E-state index < -0.39 is 11.6 Å². The van der Waals surface area contributed by atoms with Crippen molar-refractivity contribution in [3.05, 3.63) is 32.9 Å². The molecule has 1 saturated carbocycles. The van der Waals surface area contributed by atoms with Gasteiger partial charge in [-0.1, -0.05) is 0 Å². The second-order valence-corrected chi connectivity index (χ2v) is 4.71. The lowest BCUT2D eigenvalue weighted by Gasteiger charge is -1.99. The number of nitrogens with one attached hydrogen (secondary N) is 2. The lowest BCUT2D eigenvalue weighted by atomic mass is 10.4. The maximum absolute atomic E-state index is 11.8. The first-order valence-corrected chi connectivity index (χ1v) is 6.01. The van der Waals surface area contributed by atoms with Crippen molar-refractivity contribution in [3.8, 4) is 0 Å². The summed E-state index contributed by atoms with van der Waals surface area (Å²) in [6.07, 6.45) is 3.50. The van der Waals surface area contributed by atoms with Gasteiger partial charge in [0, 0.05) is 11.3 Å². The SMILES string of the molecule is O=C(Nn1cn[nH]c1=O)c1csc(C2CC2)n1. The fourth-order valence-corrected chi connectivity index (χ4v) is 2.38. The number of hydrogen-bond acceptors (Lipinski definition) is 5. The summed E-state index contributed by atoms with van der Waals surface area (Å²) in [5, 5.41) is 8.39. The van der Waals surface area contributed by atoms with Crippen LogP contribution in [0.3, 0.4) is 0 Å². The number of thiazole rings is 1. The first kappa shape index (κ1) is 10.2. The van der Waals surface area contributed by atoms with Crippen molar-refractivity contribution >= 4 is 17.2 Å². The molecule has 88 valence electrons. The molecule has 2 N–H and O–H groups in total. The van der Waals surface area contributed by atoms with E-state index in [4.69, 9.17) is 0 Å². The summed E-state index contributed by atoms with van der Waals surface area (Å²) in [5.74, 6) is 0.120. The van der Waals surface area contributed by atoms with Gasteiger partial charge in [-0.05, 0) is 12.8 Å². The average Bonchev–Trinajstić information content (AvgIpc) is 2.91. The lowest BCUT2D eigenvalue weighted by Crippen LogP contribution is -2.31. The van der Waals surface area contributed by atoms with E-state index in [1.54, 1.807) is 5.38 Å². The fourth-order valence-electron chi connectivity index (χ4n) is 1.40. The molecule has 0 saturated heterocycles. The van der Waals surface area contributed by atoms with E-state index in [0.717, 1.165) is 22.5 Å². The van der Waals surface area contributed by atoms with Crippen molar-refractivity contribution in [1.82, 2.24) is 19.9 Å². The van der Waals surface area contributed by atoms with Crippen molar-refractivity contribution < 1.29 is 4.79 Å². The molecule has 2 aromatic rings. The van der Waals surface area contributed by atoms with E-state index in [1.165, 1.54) is 17.7 Å². The number of rotatable bonds is 3. The van der Waals surface area contributed by atoms with Gasteiger partial charge in [-0.15, -0.1) is 11.3 Å². The molecule has 2 heterocycles. The molecule has 2 aromatic heterocycles. The van der Waals surface area contributed by atoms with Crippen molar-refractivity contribution in [3.63, 3.8) is 0 Å². The van der Waals surface area contributed by atoms with Crippen LogP contribution in [-0.4, -0.2) is 25.8 Å². The molecule has 0 unspecified atom stereocenters. The van der Waals surface area contributed by atoms with Gasteiger partial charge < -0.3 is 0 Å². The molecular formula is C9H9N5O2S. The number of carbonyl (C=O) groups is 1. The average molecular weight is 251 g/mol. The number of aromatic nitrogens is 4. The normalized spacial score (nSPS) is 14.8. The summed E-state index contributed by atoms with van der Waals surface area (Å²) in [7, 11) is 0. The Morgan fingerprint density at radius 3 is 3.06 bits per heavy atom. The molecule has 1 aliphatic carbocycles. The molecule has 1 aliphatic rings. The molecule has 0 radical (unpaired) electrons. The molecule has 17 heavy (non-hydrogen) atoms. The van der Waals surface area contributed by atoms with Gasteiger partial charge in [-0.3, -0.25) is 10.2 Å². The maximum atomic E-state index is 11.8. The summed E-state index contributed by atoms with van der Waals surface area (Å²) in [6, 6.07) is 0. The topological polar surface area (TPSA) is 92.7 Å².